The highest BCUT2D eigenvalue weighted by molar-refractivity contribution is 6.30. The molecule has 3 aromatic carbocycles. The maximum Gasteiger partial charge on any atom is 0.343 e. The largest absolute Gasteiger partial charge is 0.422 e. The van der Waals surface area contributed by atoms with Gasteiger partial charge in [0, 0.05) is 16.1 Å². The maximum atomic E-state index is 12.3. The molecule has 0 spiro atoms. The molecule has 3 aromatic rings. The molecule has 0 aliphatic rings. The first-order valence-corrected chi connectivity index (χ1v) is 8.76. The zero-order valence-electron chi connectivity index (χ0n) is 14.7. The highest BCUT2D eigenvalue weighted by Gasteiger charge is 2.10. The Morgan fingerprint density at radius 1 is 0.852 bits per heavy atom. The van der Waals surface area contributed by atoms with Crippen molar-refractivity contribution in [2.45, 2.75) is 6.92 Å². The molecule has 0 saturated heterocycles. The molecule has 0 unspecified atom stereocenters. The number of ketones is 1. The predicted molar refractivity (Wildman–Crippen MR) is 107 cm³/mol. The number of allylic oxidation sites excluding steroid dienone is 1. The third-order valence-corrected chi connectivity index (χ3v) is 4.20. The number of hydrogen-bond acceptors (Lipinski definition) is 3. The van der Waals surface area contributed by atoms with Crippen LogP contribution < -0.4 is 4.74 Å². The molecule has 0 aliphatic heterocycles. The summed E-state index contributed by atoms with van der Waals surface area (Å²) in [5.41, 5.74) is 2.71. The fraction of sp³-hybridized carbons (Fsp3) is 0.0435. The molecule has 0 bridgehead atoms. The lowest BCUT2D eigenvalue weighted by molar-refractivity contribution is 0.0734. The van der Waals surface area contributed by atoms with E-state index >= 15 is 0 Å². The molecule has 3 nitrogen and oxygen atoms in total. The first kappa shape index (κ1) is 18.6. The normalized spacial score (nSPS) is 10.7. The number of para-hydroxylation sites is 1. The number of halogens is 1. The van der Waals surface area contributed by atoms with Gasteiger partial charge in [0.05, 0.1) is 5.56 Å². The SMILES string of the molecule is Cc1ccc(C(=O)Oc2ccccc2C=CC(=O)c2ccc(Cl)cc2)cc1. The molecular weight excluding hydrogens is 360 g/mol. The summed E-state index contributed by atoms with van der Waals surface area (Å²) < 4.78 is 5.51. The molecule has 0 amide bonds. The molecule has 27 heavy (non-hydrogen) atoms. The molecule has 0 aliphatic carbocycles. The van der Waals surface area contributed by atoms with Crippen molar-refractivity contribution in [2.75, 3.05) is 0 Å². The van der Waals surface area contributed by atoms with Gasteiger partial charge in [-0.25, -0.2) is 4.79 Å². The van der Waals surface area contributed by atoms with Gasteiger partial charge in [0.1, 0.15) is 5.75 Å². The highest BCUT2D eigenvalue weighted by atomic mass is 35.5. The summed E-state index contributed by atoms with van der Waals surface area (Å²) in [5, 5.41) is 0.573. The van der Waals surface area contributed by atoms with Crippen LogP contribution in [0.25, 0.3) is 6.08 Å². The Bertz CT molecular complexity index is 987. The van der Waals surface area contributed by atoms with Crippen LogP contribution in [0.3, 0.4) is 0 Å². The van der Waals surface area contributed by atoms with Gasteiger partial charge in [-0.15, -0.1) is 0 Å². The molecule has 134 valence electrons. The van der Waals surface area contributed by atoms with E-state index in [9.17, 15) is 9.59 Å². The zero-order valence-corrected chi connectivity index (χ0v) is 15.4. The average molecular weight is 377 g/mol. The third-order valence-electron chi connectivity index (χ3n) is 3.95. The minimum atomic E-state index is -0.445. The molecule has 0 radical (unpaired) electrons. The molecule has 3 rings (SSSR count). The Kier molecular flexibility index (Phi) is 5.84. The van der Waals surface area contributed by atoms with Gasteiger partial charge >= 0.3 is 5.97 Å². The van der Waals surface area contributed by atoms with Gasteiger partial charge in [-0.05, 0) is 61.5 Å². The molecule has 4 heteroatoms. The minimum Gasteiger partial charge on any atom is -0.422 e. The molecule has 0 saturated carbocycles. The Morgan fingerprint density at radius 2 is 1.48 bits per heavy atom. The van der Waals surface area contributed by atoms with E-state index in [1.807, 2.05) is 25.1 Å². The summed E-state index contributed by atoms with van der Waals surface area (Å²) in [6, 6.07) is 20.9. The van der Waals surface area contributed by atoms with Crippen LogP contribution in [0, 0.1) is 6.92 Å². The van der Waals surface area contributed by atoms with Crippen LogP contribution in [0.15, 0.2) is 78.9 Å². The van der Waals surface area contributed by atoms with Crippen molar-refractivity contribution >= 4 is 29.4 Å². The van der Waals surface area contributed by atoms with Crippen molar-refractivity contribution in [3.05, 3.63) is 106 Å². The summed E-state index contributed by atoms with van der Waals surface area (Å²) in [6.45, 7) is 1.95. The third kappa shape index (κ3) is 4.93. The topological polar surface area (TPSA) is 43.4 Å². The van der Waals surface area contributed by atoms with Crippen molar-refractivity contribution in [1.82, 2.24) is 0 Å². The number of rotatable bonds is 5. The van der Waals surface area contributed by atoms with Crippen molar-refractivity contribution in [3.63, 3.8) is 0 Å². The predicted octanol–water partition coefficient (Wildman–Crippen LogP) is 5.76. The average Bonchev–Trinajstić information content (AvgIpc) is 2.68. The van der Waals surface area contributed by atoms with Crippen LogP contribution in [0.2, 0.25) is 5.02 Å². The van der Waals surface area contributed by atoms with Crippen LogP contribution in [-0.4, -0.2) is 11.8 Å². The van der Waals surface area contributed by atoms with Crippen LogP contribution in [0.5, 0.6) is 5.75 Å². The Hall–Kier alpha value is -3.17. The number of carbonyl (C=O) groups excluding carboxylic acids is 2. The lowest BCUT2D eigenvalue weighted by Gasteiger charge is -2.07. The molecule has 0 atom stereocenters. The van der Waals surface area contributed by atoms with Gasteiger partial charge in [-0.1, -0.05) is 47.5 Å². The van der Waals surface area contributed by atoms with Gasteiger partial charge < -0.3 is 4.74 Å². The number of esters is 1. The molecule has 0 N–H and O–H groups in total. The van der Waals surface area contributed by atoms with Crippen molar-refractivity contribution < 1.29 is 14.3 Å². The summed E-state index contributed by atoms with van der Waals surface area (Å²) in [6.07, 6.45) is 3.08. The standard InChI is InChI=1S/C23H17ClO3/c1-16-6-8-19(9-7-16)23(26)27-22-5-3-2-4-18(22)12-15-21(25)17-10-13-20(24)14-11-17/h2-15H,1H3. The second-order valence-corrected chi connectivity index (χ2v) is 6.43. The quantitative estimate of drug-likeness (QED) is 0.246. The molecule has 0 fully saturated rings. The van der Waals surface area contributed by atoms with Crippen molar-refractivity contribution in [3.8, 4) is 5.75 Å². The van der Waals surface area contributed by atoms with Gasteiger partial charge in [-0.2, -0.15) is 0 Å². The number of aryl methyl sites for hydroxylation is 1. The van der Waals surface area contributed by atoms with E-state index in [4.69, 9.17) is 16.3 Å². The fourth-order valence-corrected chi connectivity index (χ4v) is 2.56. The van der Waals surface area contributed by atoms with E-state index in [1.165, 1.54) is 6.08 Å². The summed E-state index contributed by atoms with van der Waals surface area (Å²) >= 11 is 5.84. The Morgan fingerprint density at radius 3 is 2.19 bits per heavy atom. The van der Waals surface area contributed by atoms with Crippen molar-refractivity contribution in [2.24, 2.45) is 0 Å². The number of benzene rings is 3. The van der Waals surface area contributed by atoms with E-state index in [0.29, 0.717) is 27.5 Å². The van der Waals surface area contributed by atoms with E-state index < -0.39 is 5.97 Å². The summed E-state index contributed by atoms with van der Waals surface area (Å²) in [7, 11) is 0. The lowest BCUT2D eigenvalue weighted by atomic mass is 10.1. The van der Waals surface area contributed by atoms with E-state index in [2.05, 4.69) is 0 Å². The van der Waals surface area contributed by atoms with E-state index in [-0.39, 0.29) is 5.78 Å². The first-order valence-electron chi connectivity index (χ1n) is 8.39. The summed E-state index contributed by atoms with van der Waals surface area (Å²) in [5.74, 6) is -0.213. The van der Waals surface area contributed by atoms with E-state index in [0.717, 1.165) is 5.56 Å². The lowest BCUT2D eigenvalue weighted by Crippen LogP contribution is -2.09. The number of hydrogen-bond donors (Lipinski definition) is 0. The number of ether oxygens (including phenoxy) is 1. The second-order valence-electron chi connectivity index (χ2n) is 6.00. The maximum absolute atomic E-state index is 12.3. The van der Waals surface area contributed by atoms with Gasteiger partial charge in [0.2, 0.25) is 0 Å². The van der Waals surface area contributed by atoms with Gasteiger partial charge in [0.25, 0.3) is 0 Å². The highest BCUT2D eigenvalue weighted by Crippen LogP contribution is 2.21. The monoisotopic (exact) mass is 376 g/mol. The smallest absolute Gasteiger partial charge is 0.343 e. The van der Waals surface area contributed by atoms with Crippen LogP contribution >= 0.6 is 11.6 Å². The first-order chi connectivity index (χ1) is 13.0. The minimum absolute atomic E-state index is 0.161. The number of carbonyl (C=O) groups is 2. The molecule has 0 aromatic heterocycles. The second kappa shape index (κ2) is 8.47. The fourth-order valence-electron chi connectivity index (χ4n) is 2.44. The summed E-state index contributed by atoms with van der Waals surface area (Å²) in [4.78, 5) is 24.6. The molecule has 0 heterocycles. The van der Waals surface area contributed by atoms with Gasteiger partial charge in [0.15, 0.2) is 5.78 Å². The Balaban J connectivity index is 1.77. The zero-order chi connectivity index (χ0) is 19.2. The Labute approximate surface area is 162 Å². The van der Waals surface area contributed by atoms with Crippen LogP contribution in [-0.2, 0) is 0 Å². The van der Waals surface area contributed by atoms with Crippen LogP contribution in [0.4, 0.5) is 0 Å². The van der Waals surface area contributed by atoms with Crippen molar-refractivity contribution in [1.29, 1.82) is 0 Å². The van der Waals surface area contributed by atoms with Gasteiger partial charge in [-0.3, -0.25) is 4.79 Å². The van der Waals surface area contributed by atoms with Crippen LogP contribution in [0.1, 0.15) is 31.8 Å². The van der Waals surface area contributed by atoms with E-state index in [1.54, 1.807) is 60.7 Å². The molecular formula is C23H17ClO3.